The minimum Gasteiger partial charge on any atom is -0.481 e. The first-order chi connectivity index (χ1) is 10.4. The van der Waals surface area contributed by atoms with Crippen LogP contribution in [0.3, 0.4) is 0 Å². The van der Waals surface area contributed by atoms with Gasteiger partial charge in [-0.2, -0.15) is 0 Å². The molecule has 1 N–H and O–H groups in total. The summed E-state index contributed by atoms with van der Waals surface area (Å²) in [5.74, 6) is -1.56. The van der Waals surface area contributed by atoms with Crippen molar-refractivity contribution < 1.29 is 18.3 Å². The van der Waals surface area contributed by atoms with Gasteiger partial charge in [0.05, 0.1) is 0 Å². The van der Waals surface area contributed by atoms with Crippen LogP contribution in [0.15, 0.2) is 59.5 Å². The number of carbonyl (C=O) groups is 1. The molecule has 3 rings (SSSR count). The molecule has 0 spiro atoms. The van der Waals surface area contributed by atoms with Gasteiger partial charge in [-0.1, -0.05) is 36.9 Å². The van der Waals surface area contributed by atoms with E-state index in [2.05, 4.69) is 11.6 Å². The van der Waals surface area contributed by atoms with E-state index in [0.717, 1.165) is 11.0 Å². The van der Waals surface area contributed by atoms with Gasteiger partial charge in [0.25, 0.3) is 0 Å². The number of aliphatic imine (C=N–C) groups is 1. The molecule has 1 aromatic rings. The van der Waals surface area contributed by atoms with Crippen molar-refractivity contribution in [1.29, 1.82) is 0 Å². The maximum absolute atomic E-state index is 12.5. The van der Waals surface area contributed by atoms with Crippen molar-refractivity contribution in [3.05, 3.63) is 60.0 Å². The second kappa shape index (κ2) is 4.64. The fourth-order valence-electron chi connectivity index (χ4n) is 3.32. The predicted octanol–water partition coefficient (Wildman–Crippen LogP) is 2.14. The van der Waals surface area contributed by atoms with Crippen molar-refractivity contribution in [2.45, 2.75) is 17.2 Å². The molecule has 3 unspecified atom stereocenters. The molecular weight excluding hydrogens is 302 g/mol. The highest BCUT2D eigenvalue weighted by Gasteiger charge is 2.76. The van der Waals surface area contributed by atoms with Gasteiger partial charge in [-0.15, -0.1) is 0 Å². The van der Waals surface area contributed by atoms with Crippen LogP contribution in [0, 0.1) is 5.41 Å². The lowest BCUT2D eigenvalue weighted by molar-refractivity contribution is -0.144. The van der Waals surface area contributed by atoms with Gasteiger partial charge in [0, 0.05) is 17.5 Å². The Kier molecular flexibility index (Phi) is 3.11. The molecule has 0 aromatic heterocycles. The van der Waals surface area contributed by atoms with E-state index >= 15 is 0 Å². The van der Waals surface area contributed by atoms with Crippen LogP contribution in [0.5, 0.6) is 0 Å². The average Bonchev–Trinajstić information content (AvgIpc) is 3.09. The Bertz CT molecular complexity index is 783. The Labute approximate surface area is 128 Å². The summed E-state index contributed by atoms with van der Waals surface area (Å²) in [5.41, 5.74) is -0.690. The van der Waals surface area contributed by atoms with E-state index < -0.39 is 32.0 Å². The summed E-state index contributed by atoms with van der Waals surface area (Å²) >= 11 is 0. The predicted molar refractivity (Wildman–Crippen MR) is 83.3 cm³/mol. The first-order valence-corrected chi connectivity index (χ1v) is 8.34. The van der Waals surface area contributed by atoms with E-state index in [-0.39, 0.29) is 6.42 Å². The number of rotatable bonds is 5. The molecule has 6 heteroatoms. The van der Waals surface area contributed by atoms with Gasteiger partial charge < -0.3 is 5.11 Å². The molecule has 0 bridgehead atoms. The fraction of sp³-hybridized carbons (Fsp3) is 0.250. The minimum atomic E-state index is -3.94. The fourth-order valence-corrected chi connectivity index (χ4v) is 4.87. The van der Waals surface area contributed by atoms with Gasteiger partial charge in [-0.05, 0) is 24.1 Å². The highest BCUT2D eigenvalue weighted by Crippen LogP contribution is 2.68. The summed E-state index contributed by atoms with van der Waals surface area (Å²) in [5, 5.41) is 10.6. The van der Waals surface area contributed by atoms with Crippen molar-refractivity contribution in [1.82, 2.24) is 0 Å². The van der Waals surface area contributed by atoms with E-state index in [0.29, 0.717) is 0 Å². The smallest absolute Gasteiger partial charge is 0.314 e. The van der Waals surface area contributed by atoms with Crippen LogP contribution < -0.4 is 0 Å². The molecule has 1 fully saturated rings. The zero-order chi connectivity index (χ0) is 16.0. The Balaban J connectivity index is 2.18. The third-order valence-electron chi connectivity index (χ3n) is 4.51. The number of benzene rings is 1. The normalized spacial score (nSPS) is 32.8. The van der Waals surface area contributed by atoms with Crippen molar-refractivity contribution in [2.75, 3.05) is 0 Å². The third kappa shape index (κ3) is 1.67. The topological polar surface area (TPSA) is 83.8 Å². The Hall–Kier alpha value is -2.21. The zero-order valence-corrected chi connectivity index (χ0v) is 12.5. The molecule has 2 aliphatic rings. The Morgan fingerprint density at radius 1 is 1.36 bits per heavy atom. The molecule has 3 atom stereocenters. The monoisotopic (exact) mass is 317 g/mol. The lowest BCUT2D eigenvalue weighted by Gasteiger charge is -2.30. The second-order valence-corrected chi connectivity index (χ2v) is 7.54. The molecule has 1 aromatic carbocycles. The van der Waals surface area contributed by atoms with Crippen LogP contribution in [0.2, 0.25) is 0 Å². The summed E-state index contributed by atoms with van der Waals surface area (Å²) in [4.78, 5) is 14.3. The standard InChI is InChI=1S/C16H15NO4S/c1-2-22(20,21)16(9-6-10-17-16)15(14(18)19)11-13(15)12-7-4-3-5-8-12/h2-10,13H,1,11H2,(H,18,19). The molecule has 1 aliphatic carbocycles. The molecule has 0 amide bonds. The van der Waals surface area contributed by atoms with Gasteiger partial charge >= 0.3 is 5.97 Å². The molecule has 0 saturated heterocycles. The van der Waals surface area contributed by atoms with Gasteiger partial charge in [-0.3, -0.25) is 9.79 Å². The van der Waals surface area contributed by atoms with Crippen molar-refractivity contribution in [3.63, 3.8) is 0 Å². The van der Waals surface area contributed by atoms with E-state index in [1.165, 1.54) is 18.4 Å². The second-order valence-electron chi connectivity index (χ2n) is 5.49. The summed E-state index contributed by atoms with van der Waals surface area (Å²) in [6.07, 6.45) is 4.40. The zero-order valence-electron chi connectivity index (χ0n) is 11.7. The van der Waals surface area contributed by atoms with E-state index in [4.69, 9.17) is 0 Å². The number of nitrogens with zero attached hydrogens (tertiary/aromatic N) is 1. The maximum Gasteiger partial charge on any atom is 0.314 e. The quantitative estimate of drug-likeness (QED) is 0.902. The molecule has 1 saturated carbocycles. The number of aliphatic carboxylic acids is 1. The summed E-state index contributed by atoms with van der Waals surface area (Å²) in [6, 6.07) is 9.07. The van der Waals surface area contributed by atoms with Crippen LogP contribution >= 0.6 is 0 Å². The van der Waals surface area contributed by atoms with Gasteiger partial charge in [-0.25, -0.2) is 8.42 Å². The molecular formula is C16H15NO4S. The summed E-state index contributed by atoms with van der Waals surface area (Å²) in [7, 11) is -3.94. The van der Waals surface area contributed by atoms with Gasteiger partial charge in [0.1, 0.15) is 5.41 Å². The third-order valence-corrected chi connectivity index (χ3v) is 6.42. The van der Waals surface area contributed by atoms with Gasteiger partial charge in [0.2, 0.25) is 9.84 Å². The highest BCUT2D eigenvalue weighted by atomic mass is 32.2. The molecule has 114 valence electrons. The summed E-state index contributed by atoms with van der Waals surface area (Å²) < 4.78 is 25.1. The van der Waals surface area contributed by atoms with Crippen molar-refractivity contribution in [2.24, 2.45) is 10.4 Å². The maximum atomic E-state index is 12.5. The number of carboxylic acids is 1. The SMILES string of the molecule is C=CS(=O)(=O)C1(C2(C(=O)O)CC2c2ccccc2)C=CC=N1. The summed E-state index contributed by atoms with van der Waals surface area (Å²) in [6.45, 7) is 3.33. The molecule has 0 radical (unpaired) electrons. The lowest BCUT2D eigenvalue weighted by Crippen LogP contribution is -2.47. The van der Waals surface area contributed by atoms with E-state index in [1.54, 1.807) is 0 Å². The van der Waals surface area contributed by atoms with Crippen molar-refractivity contribution in [3.8, 4) is 0 Å². The molecule has 1 heterocycles. The van der Waals surface area contributed by atoms with E-state index in [1.807, 2.05) is 30.3 Å². The Morgan fingerprint density at radius 2 is 2.05 bits per heavy atom. The van der Waals surface area contributed by atoms with Gasteiger partial charge in [0.15, 0.2) is 4.87 Å². The van der Waals surface area contributed by atoms with Crippen LogP contribution in [0.25, 0.3) is 0 Å². The number of hydrogen-bond acceptors (Lipinski definition) is 4. The highest BCUT2D eigenvalue weighted by molar-refractivity contribution is 7.95. The first-order valence-electron chi connectivity index (χ1n) is 6.80. The van der Waals surface area contributed by atoms with Crippen LogP contribution in [-0.2, 0) is 14.6 Å². The van der Waals surface area contributed by atoms with Crippen LogP contribution in [0.4, 0.5) is 0 Å². The Morgan fingerprint density at radius 3 is 2.55 bits per heavy atom. The molecule has 1 aliphatic heterocycles. The average molecular weight is 317 g/mol. The largest absolute Gasteiger partial charge is 0.481 e. The van der Waals surface area contributed by atoms with E-state index in [9.17, 15) is 18.3 Å². The van der Waals surface area contributed by atoms with Crippen molar-refractivity contribution >= 4 is 22.0 Å². The van der Waals surface area contributed by atoms with Crippen LogP contribution in [-0.4, -0.2) is 30.6 Å². The number of carboxylic acid groups (broad SMARTS) is 1. The molecule has 5 nitrogen and oxygen atoms in total. The molecule has 22 heavy (non-hydrogen) atoms. The number of allylic oxidation sites excluding steroid dienone is 1. The minimum absolute atomic E-state index is 0.223. The first kappa shape index (κ1) is 14.7. The number of sulfone groups is 1. The van der Waals surface area contributed by atoms with Crippen LogP contribution in [0.1, 0.15) is 17.9 Å². The lowest BCUT2D eigenvalue weighted by atomic mass is 9.90. The number of hydrogen-bond donors (Lipinski definition) is 1.